The fourth-order valence-electron chi connectivity index (χ4n) is 3.78. The SMILES string of the molecule is CCCCOc1c2n(cc(O)c1=O)N(Cc1ccc(F)cc1)CN(Cc1ccc(F)cc1)C2=O. The summed E-state index contributed by atoms with van der Waals surface area (Å²) in [6, 6.07) is 11.7. The number of fused-ring (bicyclic) bond motifs is 1. The van der Waals surface area contributed by atoms with Gasteiger partial charge in [0.2, 0.25) is 5.75 Å². The van der Waals surface area contributed by atoms with E-state index in [0.717, 1.165) is 12.0 Å². The number of amides is 1. The van der Waals surface area contributed by atoms with Gasteiger partial charge in [0.1, 0.15) is 18.3 Å². The topological polar surface area (TPSA) is 75.0 Å². The number of ether oxygens (including phenoxy) is 1. The van der Waals surface area contributed by atoms with Gasteiger partial charge < -0.3 is 14.7 Å². The Kier molecular flexibility index (Phi) is 6.81. The Hall–Kier alpha value is -3.88. The summed E-state index contributed by atoms with van der Waals surface area (Å²) in [5.41, 5.74) is 0.699. The molecule has 0 saturated carbocycles. The van der Waals surface area contributed by atoms with E-state index in [9.17, 15) is 23.5 Å². The van der Waals surface area contributed by atoms with Crippen LogP contribution in [0.3, 0.4) is 0 Å². The minimum atomic E-state index is -0.763. The van der Waals surface area contributed by atoms with Crippen molar-refractivity contribution in [3.05, 3.63) is 93.4 Å². The zero-order valence-corrected chi connectivity index (χ0v) is 18.7. The molecule has 0 radical (unpaired) electrons. The lowest BCUT2D eigenvalue weighted by Gasteiger charge is -2.40. The van der Waals surface area contributed by atoms with Crippen LogP contribution in [-0.4, -0.2) is 33.9 Å². The van der Waals surface area contributed by atoms with E-state index in [1.54, 1.807) is 29.3 Å². The van der Waals surface area contributed by atoms with Crippen LogP contribution in [0.25, 0.3) is 0 Å². The molecule has 0 spiro atoms. The molecule has 1 aliphatic heterocycles. The number of aromatic hydroxyl groups is 1. The van der Waals surface area contributed by atoms with Crippen LogP contribution in [0.2, 0.25) is 0 Å². The Bertz CT molecular complexity index is 1230. The molecule has 2 aromatic carbocycles. The molecule has 34 heavy (non-hydrogen) atoms. The van der Waals surface area contributed by atoms with Gasteiger partial charge in [-0.1, -0.05) is 37.6 Å². The van der Waals surface area contributed by atoms with Gasteiger partial charge in [0, 0.05) is 6.54 Å². The van der Waals surface area contributed by atoms with Crippen molar-refractivity contribution in [2.24, 2.45) is 0 Å². The molecule has 0 fully saturated rings. The molecule has 1 amide bonds. The van der Waals surface area contributed by atoms with E-state index in [0.29, 0.717) is 12.0 Å². The van der Waals surface area contributed by atoms with Gasteiger partial charge in [0.15, 0.2) is 11.4 Å². The molecule has 0 saturated heterocycles. The number of nitrogens with zero attached hydrogens (tertiary/aromatic N) is 3. The van der Waals surface area contributed by atoms with Crippen LogP contribution in [-0.2, 0) is 13.1 Å². The molecule has 0 unspecified atom stereocenters. The summed E-state index contributed by atoms with van der Waals surface area (Å²) >= 11 is 0. The van der Waals surface area contributed by atoms with Crippen molar-refractivity contribution < 1.29 is 23.4 Å². The third kappa shape index (κ3) is 4.88. The van der Waals surface area contributed by atoms with Crippen molar-refractivity contribution >= 4 is 5.91 Å². The fraction of sp³-hybridized carbons (Fsp3) is 0.280. The number of aromatic nitrogens is 1. The van der Waals surface area contributed by atoms with Crippen molar-refractivity contribution in [3.8, 4) is 11.5 Å². The number of rotatable bonds is 8. The molecule has 4 rings (SSSR count). The maximum absolute atomic E-state index is 13.5. The number of benzene rings is 2. The van der Waals surface area contributed by atoms with E-state index < -0.39 is 17.1 Å². The maximum atomic E-state index is 13.5. The third-order valence-corrected chi connectivity index (χ3v) is 5.57. The number of carbonyl (C=O) groups is 1. The lowest BCUT2D eigenvalue weighted by Crippen LogP contribution is -2.53. The number of hydrogen-bond acceptors (Lipinski definition) is 5. The van der Waals surface area contributed by atoms with Crippen LogP contribution >= 0.6 is 0 Å². The lowest BCUT2D eigenvalue weighted by molar-refractivity contribution is 0.0667. The van der Waals surface area contributed by atoms with Crippen LogP contribution in [0, 0.1) is 11.6 Å². The van der Waals surface area contributed by atoms with Crippen molar-refractivity contribution in [2.45, 2.75) is 32.9 Å². The summed E-state index contributed by atoms with van der Waals surface area (Å²) in [7, 11) is 0. The minimum Gasteiger partial charge on any atom is -0.503 e. The van der Waals surface area contributed by atoms with Crippen LogP contribution < -0.4 is 15.2 Å². The molecule has 0 aliphatic carbocycles. The summed E-state index contributed by atoms with van der Waals surface area (Å²) < 4.78 is 33.9. The first kappa shape index (κ1) is 23.3. The van der Waals surface area contributed by atoms with Gasteiger partial charge in [-0.25, -0.2) is 8.78 Å². The number of carbonyl (C=O) groups excluding carboxylic acids is 1. The highest BCUT2D eigenvalue weighted by Gasteiger charge is 2.34. The summed E-state index contributed by atoms with van der Waals surface area (Å²) in [6.07, 6.45) is 2.69. The first-order valence-corrected chi connectivity index (χ1v) is 11.0. The van der Waals surface area contributed by atoms with Gasteiger partial charge in [-0.3, -0.25) is 19.3 Å². The number of unbranched alkanes of at least 4 members (excludes halogenated alkanes) is 1. The second kappa shape index (κ2) is 9.94. The van der Waals surface area contributed by atoms with E-state index in [1.807, 2.05) is 6.92 Å². The van der Waals surface area contributed by atoms with E-state index in [-0.39, 0.29) is 49.4 Å². The predicted molar refractivity (Wildman–Crippen MR) is 122 cm³/mol. The van der Waals surface area contributed by atoms with Gasteiger partial charge >= 0.3 is 0 Å². The summed E-state index contributed by atoms with van der Waals surface area (Å²) in [4.78, 5) is 27.7. The maximum Gasteiger partial charge on any atom is 0.278 e. The zero-order valence-electron chi connectivity index (χ0n) is 18.7. The van der Waals surface area contributed by atoms with E-state index in [1.165, 1.54) is 40.0 Å². The standard InChI is InChI=1S/C25H25F2N3O4/c1-2-3-12-34-24-22-25(33)28(13-17-4-8-19(26)9-5-17)16-29(30(22)15-21(31)23(24)32)14-18-6-10-20(27)11-7-18/h4-11,15,31H,2-3,12-14,16H2,1H3. The fourth-order valence-corrected chi connectivity index (χ4v) is 3.78. The van der Waals surface area contributed by atoms with Crippen molar-refractivity contribution in [2.75, 3.05) is 18.3 Å². The average molecular weight is 469 g/mol. The minimum absolute atomic E-state index is 0.00521. The van der Waals surface area contributed by atoms with Gasteiger partial charge in [-0.05, 0) is 41.8 Å². The van der Waals surface area contributed by atoms with Crippen LogP contribution in [0.4, 0.5) is 8.78 Å². The second-order valence-corrected chi connectivity index (χ2v) is 8.13. The average Bonchev–Trinajstić information content (AvgIpc) is 2.82. The highest BCUT2D eigenvalue weighted by molar-refractivity contribution is 5.96. The quantitative estimate of drug-likeness (QED) is 0.509. The van der Waals surface area contributed by atoms with E-state index in [4.69, 9.17) is 4.74 Å². The molecule has 1 aliphatic rings. The van der Waals surface area contributed by atoms with E-state index in [2.05, 4.69) is 0 Å². The Balaban J connectivity index is 1.76. The zero-order chi connectivity index (χ0) is 24.2. The van der Waals surface area contributed by atoms with Crippen molar-refractivity contribution in [1.29, 1.82) is 0 Å². The molecule has 0 bridgehead atoms. The lowest BCUT2D eigenvalue weighted by atomic mass is 10.1. The van der Waals surface area contributed by atoms with Crippen molar-refractivity contribution in [1.82, 2.24) is 9.58 Å². The molecule has 0 atom stereocenters. The van der Waals surface area contributed by atoms with Crippen molar-refractivity contribution in [3.63, 3.8) is 0 Å². The first-order valence-electron chi connectivity index (χ1n) is 11.0. The van der Waals surface area contributed by atoms with Crippen LogP contribution in [0.1, 0.15) is 41.4 Å². The largest absolute Gasteiger partial charge is 0.503 e. The van der Waals surface area contributed by atoms with Gasteiger partial charge in [0.05, 0.1) is 19.3 Å². The Morgan fingerprint density at radius 2 is 1.53 bits per heavy atom. The molecule has 1 N–H and O–H groups in total. The molecule has 1 aromatic heterocycles. The second-order valence-electron chi connectivity index (χ2n) is 8.13. The molecule has 3 aromatic rings. The predicted octanol–water partition coefficient (Wildman–Crippen LogP) is 3.76. The molecule has 9 heteroatoms. The normalized spacial score (nSPS) is 13.2. The first-order chi connectivity index (χ1) is 16.4. The smallest absolute Gasteiger partial charge is 0.278 e. The highest BCUT2D eigenvalue weighted by Crippen LogP contribution is 2.26. The Morgan fingerprint density at radius 1 is 0.941 bits per heavy atom. The molecule has 7 nitrogen and oxygen atoms in total. The van der Waals surface area contributed by atoms with Gasteiger partial charge in [-0.15, -0.1) is 0 Å². The summed E-state index contributed by atoms with van der Waals surface area (Å²) in [5.74, 6) is -1.97. The van der Waals surface area contributed by atoms with E-state index >= 15 is 0 Å². The van der Waals surface area contributed by atoms with Crippen LogP contribution in [0.5, 0.6) is 11.5 Å². The highest BCUT2D eigenvalue weighted by atomic mass is 19.1. The number of hydrogen-bond donors (Lipinski definition) is 1. The summed E-state index contributed by atoms with van der Waals surface area (Å²) in [5, 5.41) is 12.0. The summed E-state index contributed by atoms with van der Waals surface area (Å²) in [6.45, 7) is 2.72. The molecule has 178 valence electrons. The molecule has 2 heterocycles. The van der Waals surface area contributed by atoms with Crippen LogP contribution in [0.15, 0.2) is 59.5 Å². The Labute approximate surface area is 195 Å². The van der Waals surface area contributed by atoms with Gasteiger partial charge in [0.25, 0.3) is 11.3 Å². The number of pyridine rings is 1. The Morgan fingerprint density at radius 3 is 2.12 bits per heavy atom. The molecular formula is C25H25F2N3O4. The number of halogens is 2. The van der Waals surface area contributed by atoms with Gasteiger partial charge in [-0.2, -0.15) is 0 Å². The monoisotopic (exact) mass is 469 g/mol. The third-order valence-electron chi connectivity index (χ3n) is 5.57. The molecular weight excluding hydrogens is 444 g/mol.